The average molecular weight is 313 g/mol. The van der Waals surface area contributed by atoms with Crippen LogP contribution < -0.4 is 34.0 Å². The first-order valence-corrected chi connectivity index (χ1v) is 3.85. The first-order valence-electron chi connectivity index (χ1n) is 3.85. The first-order chi connectivity index (χ1) is 4.09. The Kier molecular flexibility index (Phi) is 24.8. The molecule has 72 valence electrons. The minimum atomic E-state index is 0. The van der Waals surface area contributed by atoms with Crippen LogP contribution in [0.5, 0.6) is 0 Å². The third-order valence-corrected chi connectivity index (χ3v) is 1.69. The van der Waals surface area contributed by atoms with Crippen LogP contribution in [0.25, 0.3) is 0 Å². The van der Waals surface area contributed by atoms with Gasteiger partial charge in [-0.25, -0.2) is 0 Å². The Hall–Kier alpha value is 1.69. The Morgan fingerprint density at radius 1 is 0.917 bits per heavy atom. The molecule has 0 heterocycles. The summed E-state index contributed by atoms with van der Waals surface area (Å²) in [6, 6.07) is 1.38. The van der Waals surface area contributed by atoms with Crippen molar-refractivity contribution in [2.75, 3.05) is 6.54 Å². The number of halogens is 2. The van der Waals surface area contributed by atoms with Gasteiger partial charge in [0.1, 0.15) is 0 Å². The van der Waals surface area contributed by atoms with Crippen LogP contribution in [-0.4, -0.2) is 46.6 Å². The van der Waals surface area contributed by atoms with Crippen LogP contribution in [0.15, 0.2) is 0 Å². The van der Waals surface area contributed by atoms with Gasteiger partial charge in [0.2, 0.25) is 0 Å². The van der Waals surface area contributed by atoms with Crippen LogP contribution in [0.3, 0.4) is 0 Å². The minimum Gasteiger partial charge on any atom is -1.00 e. The van der Waals surface area contributed by atoms with Crippen LogP contribution in [-0.2, 0) is 0 Å². The van der Waals surface area contributed by atoms with Crippen molar-refractivity contribution < 1.29 is 34.0 Å². The Bertz CT molecular complexity index is 71.5. The molecule has 12 heavy (non-hydrogen) atoms. The summed E-state index contributed by atoms with van der Waals surface area (Å²) < 4.78 is 0. The largest absolute Gasteiger partial charge is 2.00 e. The van der Waals surface area contributed by atoms with E-state index in [4.69, 9.17) is 0 Å². The fraction of sp³-hybridized carbons (Fsp3) is 1.00. The molecule has 0 radical (unpaired) electrons. The van der Waals surface area contributed by atoms with Gasteiger partial charge < -0.3 is 34.0 Å². The zero-order valence-corrected chi connectivity index (χ0v) is 13.4. The predicted octanol–water partition coefficient (Wildman–Crippen LogP) is -4.25. The van der Waals surface area contributed by atoms with Gasteiger partial charge >= 0.3 is 23.1 Å². The van der Waals surface area contributed by atoms with Gasteiger partial charge in [-0.15, -0.1) is 0 Å². The molecule has 0 aromatic carbocycles. The second-order valence-corrected chi connectivity index (χ2v) is 3.02. The third-order valence-electron chi connectivity index (χ3n) is 1.69. The molecule has 0 aliphatic rings. The van der Waals surface area contributed by atoms with Crippen LogP contribution >= 0.6 is 0 Å². The van der Waals surface area contributed by atoms with Crippen molar-refractivity contribution in [2.45, 2.75) is 46.7 Å². The maximum Gasteiger partial charge on any atom is 2.00 e. The van der Waals surface area contributed by atoms with Gasteiger partial charge in [0, 0.05) is 12.1 Å². The maximum atomic E-state index is 2.46. The number of rotatable bonds is 3. The molecule has 0 amide bonds. The summed E-state index contributed by atoms with van der Waals surface area (Å²) in [7, 11) is 0. The topological polar surface area (TPSA) is 3.24 Å². The molecule has 0 aromatic heterocycles. The molecule has 4 heteroatoms. The molecule has 1 nitrogen and oxygen atoms in total. The molecule has 0 aliphatic carbocycles. The van der Waals surface area contributed by atoms with Gasteiger partial charge in [-0.05, 0) is 34.2 Å². The zero-order chi connectivity index (χ0) is 7.44. The Labute approximate surface area is 114 Å². The first kappa shape index (κ1) is 23.5. The Balaban J connectivity index is -0.000000107. The van der Waals surface area contributed by atoms with Crippen LogP contribution in [0.1, 0.15) is 34.6 Å². The van der Waals surface area contributed by atoms with Crippen molar-refractivity contribution in [3.63, 3.8) is 0 Å². The smallest absolute Gasteiger partial charge is 1.00 e. The molecule has 0 N–H and O–H groups in total. The molecule has 0 bridgehead atoms. The number of hydrogen-bond acceptors (Lipinski definition) is 1. The molecule has 0 saturated heterocycles. The van der Waals surface area contributed by atoms with E-state index in [1.54, 1.807) is 0 Å². The summed E-state index contributed by atoms with van der Waals surface area (Å²) in [5.74, 6) is 0. The molecule has 0 rings (SSSR count). The quantitative estimate of drug-likeness (QED) is 0.477. The summed E-state index contributed by atoms with van der Waals surface area (Å²) in [5.41, 5.74) is 0. The summed E-state index contributed by atoms with van der Waals surface area (Å²) >= 11 is 0. The van der Waals surface area contributed by atoms with Crippen molar-refractivity contribution in [3.05, 3.63) is 0 Å². The molecule has 0 unspecified atom stereocenters. The van der Waals surface area contributed by atoms with Gasteiger partial charge in [0.15, 0.2) is 0 Å². The van der Waals surface area contributed by atoms with Crippen LogP contribution in [0.2, 0.25) is 0 Å². The van der Waals surface area contributed by atoms with E-state index in [-0.39, 0.29) is 57.0 Å². The van der Waals surface area contributed by atoms with E-state index < -0.39 is 0 Å². The molecule has 0 aromatic rings. The second kappa shape index (κ2) is 12.7. The fourth-order valence-electron chi connectivity index (χ4n) is 1.33. The van der Waals surface area contributed by atoms with Gasteiger partial charge in [-0.3, -0.25) is 4.90 Å². The summed E-state index contributed by atoms with van der Waals surface area (Å²) in [6.45, 7) is 12.3. The third kappa shape index (κ3) is 9.77. The second-order valence-electron chi connectivity index (χ2n) is 3.02. The van der Waals surface area contributed by atoms with Gasteiger partial charge in [0.05, 0.1) is 0 Å². The molecular weight excluding hydrogens is 294 g/mol. The summed E-state index contributed by atoms with van der Waals surface area (Å²) in [4.78, 5) is 2.46. The van der Waals surface area contributed by atoms with Crippen molar-refractivity contribution in [3.8, 4) is 0 Å². The van der Waals surface area contributed by atoms with E-state index >= 15 is 0 Å². The van der Waals surface area contributed by atoms with E-state index in [1.807, 2.05) is 0 Å². The zero-order valence-electron chi connectivity index (χ0n) is 8.77. The molecular formula is C8H19Br2MgN. The van der Waals surface area contributed by atoms with Crippen LogP contribution in [0, 0.1) is 0 Å². The normalized spacial score (nSPS) is 9.00. The predicted molar refractivity (Wildman–Crippen MR) is 48.4 cm³/mol. The SMILES string of the molecule is CCN(C(C)C)C(C)C.[Br-].[Br-].[Mg+2]. The molecule has 0 aliphatic heterocycles. The summed E-state index contributed by atoms with van der Waals surface area (Å²) in [5, 5.41) is 0. The Morgan fingerprint density at radius 2 is 1.17 bits per heavy atom. The number of hydrogen-bond donors (Lipinski definition) is 0. The molecule has 0 atom stereocenters. The van der Waals surface area contributed by atoms with Gasteiger partial charge in [-0.1, -0.05) is 6.92 Å². The van der Waals surface area contributed by atoms with E-state index in [0.717, 1.165) is 6.54 Å². The van der Waals surface area contributed by atoms with Gasteiger partial charge in [-0.2, -0.15) is 0 Å². The monoisotopic (exact) mass is 311 g/mol. The molecule has 0 fully saturated rings. The maximum absolute atomic E-state index is 2.46. The van der Waals surface area contributed by atoms with E-state index in [9.17, 15) is 0 Å². The van der Waals surface area contributed by atoms with E-state index in [0.29, 0.717) is 12.1 Å². The van der Waals surface area contributed by atoms with Gasteiger partial charge in [0.25, 0.3) is 0 Å². The fourth-order valence-corrected chi connectivity index (χ4v) is 1.33. The van der Waals surface area contributed by atoms with E-state index in [1.165, 1.54) is 0 Å². The van der Waals surface area contributed by atoms with Crippen LogP contribution in [0.4, 0.5) is 0 Å². The Morgan fingerprint density at radius 3 is 1.17 bits per heavy atom. The van der Waals surface area contributed by atoms with Crippen molar-refractivity contribution >= 4 is 23.1 Å². The van der Waals surface area contributed by atoms with E-state index in [2.05, 4.69) is 39.5 Å². The van der Waals surface area contributed by atoms with Crippen molar-refractivity contribution in [1.82, 2.24) is 4.90 Å². The van der Waals surface area contributed by atoms with Crippen molar-refractivity contribution in [2.24, 2.45) is 0 Å². The standard InChI is InChI=1S/C8H19N.2BrH.Mg/c1-6-9(7(2)3)8(4)5;;;/h7-8H,6H2,1-5H3;2*1H;/q;;;+2/p-2. The molecule has 0 spiro atoms. The average Bonchev–Trinajstić information content (AvgIpc) is 1.64. The summed E-state index contributed by atoms with van der Waals surface area (Å²) in [6.07, 6.45) is 0. The minimum absolute atomic E-state index is 0. The van der Waals surface area contributed by atoms with Crippen molar-refractivity contribution in [1.29, 1.82) is 0 Å². The molecule has 0 saturated carbocycles. The number of nitrogens with zero attached hydrogens (tertiary/aromatic N) is 1.